The topological polar surface area (TPSA) is 25.2 Å². The lowest BCUT2D eigenvalue weighted by atomic mass is 9.76. The van der Waals surface area contributed by atoms with Crippen LogP contribution in [0.5, 0.6) is 0 Å². The van der Waals surface area contributed by atoms with Gasteiger partial charge in [-0.25, -0.2) is 0 Å². The molecule has 0 aliphatic rings. The van der Waals surface area contributed by atoms with Crippen molar-refractivity contribution in [1.29, 1.82) is 0 Å². The molecule has 1 N–H and O–H groups in total. The zero-order chi connectivity index (χ0) is 10.8. The van der Waals surface area contributed by atoms with Crippen LogP contribution in [-0.4, -0.2) is 5.54 Å². The van der Waals surface area contributed by atoms with E-state index in [-0.39, 0.29) is 11.0 Å². The molecule has 0 saturated heterocycles. The van der Waals surface area contributed by atoms with Gasteiger partial charge in [-0.3, -0.25) is 0 Å². The number of rotatable bonds is 3. The van der Waals surface area contributed by atoms with E-state index < -0.39 is 0 Å². The molecule has 0 fully saturated rings. The second-order valence-electron chi connectivity index (χ2n) is 5.31. The zero-order valence-electron chi connectivity index (χ0n) is 9.85. The van der Waals surface area contributed by atoms with E-state index >= 15 is 0 Å². The molecule has 0 saturated carbocycles. The van der Waals surface area contributed by atoms with Crippen molar-refractivity contribution in [2.24, 2.45) is 5.41 Å². The highest BCUT2D eigenvalue weighted by Gasteiger charge is 2.31. The van der Waals surface area contributed by atoms with E-state index in [4.69, 9.17) is 4.42 Å². The minimum Gasteiger partial charge on any atom is -0.468 e. The first-order valence-corrected chi connectivity index (χ1v) is 5.10. The standard InChI is InChI=1S/C12H21NO/c1-11(2,3)12(4,5)13-9-10-7-6-8-14-10/h6-8,13H,9H2,1-5H3. The predicted molar refractivity (Wildman–Crippen MR) is 59.1 cm³/mol. The Bertz CT molecular complexity index is 267. The van der Waals surface area contributed by atoms with E-state index in [1.807, 2.05) is 12.1 Å². The van der Waals surface area contributed by atoms with Gasteiger partial charge in [0.25, 0.3) is 0 Å². The first-order valence-electron chi connectivity index (χ1n) is 5.10. The summed E-state index contributed by atoms with van der Waals surface area (Å²) < 4.78 is 5.28. The molecular weight excluding hydrogens is 174 g/mol. The summed E-state index contributed by atoms with van der Waals surface area (Å²) in [4.78, 5) is 0. The smallest absolute Gasteiger partial charge is 0.117 e. The molecular formula is C12H21NO. The van der Waals surface area contributed by atoms with Gasteiger partial charge < -0.3 is 9.73 Å². The molecule has 1 heterocycles. The fourth-order valence-corrected chi connectivity index (χ4v) is 0.986. The molecule has 14 heavy (non-hydrogen) atoms. The van der Waals surface area contributed by atoms with E-state index in [0.29, 0.717) is 0 Å². The lowest BCUT2D eigenvalue weighted by molar-refractivity contribution is 0.171. The SMILES string of the molecule is CC(C)(C)C(C)(C)NCc1ccco1. The van der Waals surface area contributed by atoms with E-state index in [2.05, 4.69) is 39.9 Å². The first-order chi connectivity index (χ1) is 6.33. The molecule has 0 unspecified atom stereocenters. The van der Waals surface area contributed by atoms with Gasteiger partial charge in [-0.15, -0.1) is 0 Å². The van der Waals surface area contributed by atoms with Crippen molar-refractivity contribution < 1.29 is 4.42 Å². The number of furan rings is 1. The maximum atomic E-state index is 5.28. The lowest BCUT2D eigenvalue weighted by Gasteiger charge is -2.39. The quantitative estimate of drug-likeness (QED) is 0.801. The number of hydrogen-bond donors (Lipinski definition) is 1. The van der Waals surface area contributed by atoms with Crippen molar-refractivity contribution in [2.75, 3.05) is 0 Å². The van der Waals surface area contributed by atoms with Gasteiger partial charge in [-0.1, -0.05) is 20.8 Å². The highest BCUT2D eigenvalue weighted by molar-refractivity contribution is 5.00. The summed E-state index contributed by atoms with van der Waals surface area (Å²) in [5.74, 6) is 0.988. The summed E-state index contributed by atoms with van der Waals surface area (Å²) in [5, 5.41) is 3.51. The van der Waals surface area contributed by atoms with Crippen LogP contribution in [0.15, 0.2) is 22.8 Å². The summed E-state index contributed by atoms with van der Waals surface area (Å²) in [6.07, 6.45) is 1.71. The molecule has 0 aliphatic heterocycles. The first kappa shape index (κ1) is 11.3. The van der Waals surface area contributed by atoms with Crippen molar-refractivity contribution >= 4 is 0 Å². The fraction of sp³-hybridized carbons (Fsp3) is 0.667. The van der Waals surface area contributed by atoms with Gasteiger partial charge in [-0.05, 0) is 31.4 Å². The predicted octanol–water partition coefficient (Wildman–Crippen LogP) is 3.19. The van der Waals surface area contributed by atoms with Crippen molar-refractivity contribution in [2.45, 2.75) is 46.7 Å². The Labute approximate surface area is 86.7 Å². The van der Waals surface area contributed by atoms with Crippen LogP contribution < -0.4 is 5.32 Å². The molecule has 1 rings (SSSR count). The van der Waals surface area contributed by atoms with Crippen LogP contribution in [0.25, 0.3) is 0 Å². The molecule has 0 atom stereocenters. The third kappa shape index (κ3) is 2.61. The molecule has 0 amide bonds. The van der Waals surface area contributed by atoms with Gasteiger partial charge in [0.2, 0.25) is 0 Å². The zero-order valence-corrected chi connectivity index (χ0v) is 9.85. The van der Waals surface area contributed by atoms with Crippen molar-refractivity contribution in [1.82, 2.24) is 5.32 Å². The molecule has 0 aliphatic carbocycles. The molecule has 0 aromatic carbocycles. The fourth-order valence-electron chi connectivity index (χ4n) is 0.986. The normalized spacial score (nSPS) is 13.2. The second kappa shape index (κ2) is 3.77. The Hall–Kier alpha value is -0.760. The highest BCUT2D eigenvalue weighted by atomic mass is 16.3. The Kier molecular flexibility index (Phi) is 3.05. The van der Waals surface area contributed by atoms with Crippen LogP contribution in [0.4, 0.5) is 0 Å². The Morgan fingerprint density at radius 3 is 2.29 bits per heavy atom. The van der Waals surface area contributed by atoms with Crippen molar-refractivity contribution in [3.8, 4) is 0 Å². The number of nitrogens with one attached hydrogen (secondary N) is 1. The largest absolute Gasteiger partial charge is 0.468 e. The summed E-state index contributed by atoms with van der Waals surface area (Å²) >= 11 is 0. The Morgan fingerprint density at radius 2 is 1.86 bits per heavy atom. The maximum Gasteiger partial charge on any atom is 0.117 e. The summed E-state index contributed by atoms with van der Waals surface area (Å²) in [6, 6.07) is 3.91. The number of hydrogen-bond acceptors (Lipinski definition) is 2. The van der Waals surface area contributed by atoms with Crippen LogP contribution in [0.3, 0.4) is 0 Å². The van der Waals surface area contributed by atoms with E-state index in [9.17, 15) is 0 Å². The van der Waals surface area contributed by atoms with Crippen LogP contribution in [-0.2, 0) is 6.54 Å². The third-order valence-corrected chi connectivity index (χ3v) is 3.16. The minimum absolute atomic E-state index is 0.0970. The third-order valence-electron chi connectivity index (χ3n) is 3.16. The van der Waals surface area contributed by atoms with Crippen LogP contribution in [0.2, 0.25) is 0 Å². The molecule has 80 valence electrons. The summed E-state index contributed by atoms with van der Waals surface area (Å²) in [5.41, 5.74) is 0.333. The Balaban J connectivity index is 2.53. The van der Waals surface area contributed by atoms with Gasteiger partial charge in [0, 0.05) is 5.54 Å². The average molecular weight is 195 g/mol. The van der Waals surface area contributed by atoms with Crippen LogP contribution in [0.1, 0.15) is 40.4 Å². The van der Waals surface area contributed by atoms with Gasteiger partial charge in [0.05, 0.1) is 12.8 Å². The van der Waals surface area contributed by atoms with E-state index in [1.54, 1.807) is 6.26 Å². The van der Waals surface area contributed by atoms with E-state index in [0.717, 1.165) is 12.3 Å². The lowest BCUT2D eigenvalue weighted by Crippen LogP contribution is -2.49. The van der Waals surface area contributed by atoms with Gasteiger partial charge in [-0.2, -0.15) is 0 Å². The minimum atomic E-state index is 0.0970. The van der Waals surface area contributed by atoms with Gasteiger partial charge >= 0.3 is 0 Å². The van der Waals surface area contributed by atoms with E-state index in [1.165, 1.54) is 0 Å². The van der Waals surface area contributed by atoms with Gasteiger partial charge in [0.15, 0.2) is 0 Å². The maximum absolute atomic E-state index is 5.28. The summed E-state index contributed by atoms with van der Waals surface area (Å²) in [6.45, 7) is 11.9. The summed E-state index contributed by atoms with van der Waals surface area (Å²) in [7, 11) is 0. The van der Waals surface area contributed by atoms with Crippen LogP contribution in [0, 0.1) is 5.41 Å². The molecule has 0 bridgehead atoms. The van der Waals surface area contributed by atoms with Gasteiger partial charge in [0.1, 0.15) is 5.76 Å². The molecule has 0 radical (unpaired) electrons. The second-order valence-corrected chi connectivity index (χ2v) is 5.31. The highest BCUT2D eigenvalue weighted by Crippen LogP contribution is 2.29. The molecule has 1 aromatic heterocycles. The van der Waals surface area contributed by atoms with Crippen LogP contribution >= 0.6 is 0 Å². The molecule has 2 nitrogen and oxygen atoms in total. The van der Waals surface area contributed by atoms with Crippen molar-refractivity contribution in [3.63, 3.8) is 0 Å². The van der Waals surface area contributed by atoms with Crippen molar-refractivity contribution in [3.05, 3.63) is 24.2 Å². The molecule has 2 heteroatoms. The molecule has 0 spiro atoms. The molecule has 1 aromatic rings. The monoisotopic (exact) mass is 195 g/mol. The Morgan fingerprint density at radius 1 is 1.21 bits per heavy atom. The average Bonchev–Trinajstić information content (AvgIpc) is 2.50.